The highest BCUT2D eigenvalue weighted by Crippen LogP contribution is 2.45. The molecule has 1 aliphatic carbocycles. The highest BCUT2D eigenvalue weighted by molar-refractivity contribution is 7.89. The summed E-state index contributed by atoms with van der Waals surface area (Å²) in [5.74, 6) is 0.103. The minimum Gasteiger partial charge on any atom is -0.466 e. The van der Waals surface area contributed by atoms with Gasteiger partial charge in [-0.1, -0.05) is 0 Å². The number of furan rings is 1. The van der Waals surface area contributed by atoms with Gasteiger partial charge in [0.2, 0.25) is 15.9 Å². The second kappa shape index (κ2) is 6.86. The second-order valence-corrected chi connectivity index (χ2v) is 8.40. The summed E-state index contributed by atoms with van der Waals surface area (Å²) in [6.45, 7) is 2.87. The Bertz CT molecular complexity index is 904. The van der Waals surface area contributed by atoms with Gasteiger partial charge >= 0.3 is 0 Å². The number of amides is 1. The zero-order valence-corrected chi connectivity index (χ0v) is 15.5. The van der Waals surface area contributed by atoms with Gasteiger partial charge in [0.05, 0.1) is 11.2 Å². The molecule has 0 aliphatic heterocycles. The topological polar surface area (TPSA) is 109 Å². The van der Waals surface area contributed by atoms with E-state index in [1.165, 1.54) is 25.3 Å². The Morgan fingerprint density at radius 1 is 1.35 bits per heavy atom. The van der Waals surface area contributed by atoms with Gasteiger partial charge in [0.25, 0.3) is 0 Å². The molecule has 0 saturated heterocycles. The molecule has 1 unspecified atom stereocenters. The minimum absolute atomic E-state index is 0.0282. The highest BCUT2D eigenvalue weighted by atomic mass is 32.2. The molecule has 1 aromatic heterocycles. The third kappa shape index (κ3) is 3.82. The summed E-state index contributed by atoms with van der Waals surface area (Å²) in [5.41, 5.74) is -0.337. The van der Waals surface area contributed by atoms with E-state index >= 15 is 0 Å². The summed E-state index contributed by atoms with van der Waals surface area (Å²) >= 11 is 0. The average Bonchev–Trinajstić information content (AvgIpc) is 3.27. The Morgan fingerprint density at radius 3 is 2.62 bits per heavy atom. The van der Waals surface area contributed by atoms with Crippen LogP contribution in [0.2, 0.25) is 0 Å². The van der Waals surface area contributed by atoms with E-state index in [0.717, 1.165) is 12.8 Å². The Labute approximate surface area is 152 Å². The first-order chi connectivity index (χ1) is 12.2. The number of anilines is 1. The van der Waals surface area contributed by atoms with Crippen molar-refractivity contribution in [1.29, 1.82) is 0 Å². The van der Waals surface area contributed by atoms with Gasteiger partial charge in [0.15, 0.2) is 0 Å². The van der Waals surface area contributed by atoms with Crippen LogP contribution >= 0.6 is 0 Å². The van der Waals surface area contributed by atoms with E-state index < -0.39 is 15.6 Å². The number of hydrogen-bond acceptors (Lipinski definition) is 5. The van der Waals surface area contributed by atoms with Crippen molar-refractivity contribution in [3.8, 4) is 0 Å². The van der Waals surface area contributed by atoms with Gasteiger partial charge in [-0.05, 0) is 61.6 Å². The molecule has 140 valence electrons. The fraction of sp³-hybridized carbons (Fsp3) is 0.389. The maximum Gasteiger partial charge on any atom is 0.240 e. The molecule has 1 saturated carbocycles. The number of nitrogens with one attached hydrogen (secondary N) is 2. The van der Waals surface area contributed by atoms with Crippen LogP contribution in [-0.2, 0) is 20.4 Å². The van der Waals surface area contributed by atoms with Crippen molar-refractivity contribution in [3.05, 3.63) is 47.9 Å². The summed E-state index contributed by atoms with van der Waals surface area (Å²) in [4.78, 5) is 11.2. The molecule has 0 radical (unpaired) electrons. The summed E-state index contributed by atoms with van der Waals surface area (Å²) in [6.07, 6.45) is 3.11. The van der Waals surface area contributed by atoms with Crippen molar-refractivity contribution >= 4 is 21.6 Å². The van der Waals surface area contributed by atoms with Gasteiger partial charge in [0, 0.05) is 19.2 Å². The second-order valence-electron chi connectivity index (χ2n) is 6.66. The number of aliphatic hydroxyl groups is 1. The lowest BCUT2D eigenvalue weighted by Gasteiger charge is -2.26. The van der Waals surface area contributed by atoms with Crippen LogP contribution in [0.4, 0.5) is 5.69 Å². The van der Waals surface area contributed by atoms with Crippen molar-refractivity contribution in [2.24, 2.45) is 5.92 Å². The normalized spacial score (nSPS) is 16.9. The van der Waals surface area contributed by atoms with Crippen molar-refractivity contribution in [2.75, 3.05) is 11.9 Å². The number of rotatable bonds is 7. The molecule has 7 nitrogen and oxygen atoms in total. The quantitative estimate of drug-likeness (QED) is 0.684. The van der Waals surface area contributed by atoms with E-state index in [4.69, 9.17) is 4.42 Å². The van der Waals surface area contributed by atoms with Crippen LogP contribution < -0.4 is 10.0 Å². The van der Waals surface area contributed by atoms with Crippen LogP contribution in [0.15, 0.2) is 45.9 Å². The average molecular weight is 378 g/mol. The van der Waals surface area contributed by atoms with E-state index in [2.05, 4.69) is 10.0 Å². The van der Waals surface area contributed by atoms with Crippen LogP contribution in [0.5, 0.6) is 0 Å². The van der Waals surface area contributed by atoms with Gasteiger partial charge in [-0.15, -0.1) is 0 Å². The van der Waals surface area contributed by atoms with Gasteiger partial charge in [-0.3, -0.25) is 4.79 Å². The number of benzene rings is 1. The maximum atomic E-state index is 12.7. The van der Waals surface area contributed by atoms with Gasteiger partial charge in [-0.25, -0.2) is 13.1 Å². The Kier molecular flexibility index (Phi) is 4.92. The molecule has 1 fully saturated rings. The van der Waals surface area contributed by atoms with Crippen molar-refractivity contribution in [3.63, 3.8) is 0 Å². The fourth-order valence-corrected chi connectivity index (χ4v) is 4.33. The smallest absolute Gasteiger partial charge is 0.240 e. The van der Waals surface area contributed by atoms with E-state index in [0.29, 0.717) is 17.0 Å². The molecule has 3 rings (SSSR count). The number of carbonyl (C=O) groups excluding carboxylic acids is 1. The predicted molar refractivity (Wildman–Crippen MR) is 96.0 cm³/mol. The molecular formula is C18H22N2O5S. The van der Waals surface area contributed by atoms with Crippen LogP contribution in [0, 0.1) is 12.8 Å². The molecule has 1 atom stereocenters. The number of aryl methyl sites for hydroxylation is 1. The van der Waals surface area contributed by atoms with E-state index in [1.54, 1.807) is 25.1 Å². The Balaban J connectivity index is 1.79. The van der Waals surface area contributed by atoms with Gasteiger partial charge in [-0.2, -0.15) is 0 Å². The Morgan fingerprint density at radius 2 is 2.08 bits per heavy atom. The molecule has 8 heteroatoms. The van der Waals surface area contributed by atoms with Crippen LogP contribution in [-0.4, -0.2) is 26.0 Å². The van der Waals surface area contributed by atoms with Crippen LogP contribution in [0.25, 0.3) is 0 Å². The van der Waals surface area contributed by atoms with E-state index in [-0.39, 0.29) is 23.3 Å². The van der Waals surface area contributed by atoms with Crippen molar-refractivity contribution in [2.45, 2.75) is 37.2 Å². The molecule has 0 bridgehead atoms. The molecular weight excluding hydrogens is 356 g/mol. The lowest BCUT2D eigenvalue weighted by Crippen LogP contribution is -2.42. The molecule has 3 N–H and O–H groups in total. The predicted octanol–water partition coefficient (Wildman–Crippen LogP) is 2.12. The molecule has 0 spiro atoms. The number of hydrogen-bond donors (Lipinski definition) is 3. The largest absolute Gasteiger partial charge is 0.466 e. The third-order valence-electron chi connectivity index (χ3n) is 4.52. The molecule has 1 heterocycles. The molecule has 2 aromatic rings. The summed E-state index contributed by atoms with van der Waals surface area (Å²) in [7, 11) is -3.83. The summed E-state index contributed by atoms with van der Waals surface area (Å²) < 4.78 is 33.2. The summed E-state index contributed by atoms with van der Waals surface area (Å²) in [6, 6.07) is 7.88. The summed E-state index contributed by atoms with van der Waals surface area (Å²) in [5, 5.41) is 13.6. The number of carbonyl (C=O) groups is 1. The van der Waals surface area contributed by atoms with Gasteiger partial charge < -0.3 is 14.8 Å². The monoisotopic (exact) mass is 378 g/mol. The first kappa shape index (κ1) is 18.6. The highest BCUT2D eigenvalue weighted by Gasteiger charge is 2.47. The molecule has 1 aliphatic rings. The first-order valence-corrected chi connectivity index (χ1v) is 9.85. The zero-order chi connectivity index (χ0) is 18.9. The fourth-order valence-electron chi connectivity index (χ4n) is 3.03. The molecule has 1 amide bonds. The number of sulfonamides is 1. The van der Waals surface area contributed by atoms with Gasteiger partial charge in [0.1, 0.15) is 11.4 Å². The van der Waals surface area contributed by atoms with Crippen molar-refractivity contribution < 1.29 is 22.7 Å². The van der Waals surface area contributed by atoms with Crippen molar-refractivity contribution in [1.82, 2.24) is 4.72 Å². The van der Waals surface area contributed by atoms with E-state index in [9.17, 15) is 18.3 Å². The molecule has 26 heavy (non-hydrogen) atoms. The SMILES string of the molecule is CC(=O)Nc1ccc(S(=O)(=O)NCC(O)(c2ccco2)C2CC2)c(C)c1. The standard InChI is InChI=1S/C18H22N2O5S/c1-12-10-15(20-13(2)21)7-8-16(12)26(23,24)19-11-18(22,14-5-6-14)17-4-3-9-25-17/h3-4,7-10,14,19,22H,5-6,11H2,1-2H3,(H,20,21). The lowest BCUT2D eigenvalue weighted by atomic mass is 9.95. The van der Waals surface area contributed by atoms with Crippen LogP contribution in [0.1, 0.15) is 31.1 Å². The third-order valence-corrected chi connectivity index (χ3v) is 6.08. The lowest BCUT2D eigenvalue weighted by molar-refractivity contribution is -0.114. The van der Waals surface area contributed by atoms with E-state index in [1.807, 2.05) is 0 Å². The Hall–Kier alpha value is -2.16. The first-order valence-electron chi connectivity index (χ1n) is 8.36. The minimum atomic E-state index is -3.83. The van der Waals surface area contributed by atoms with Crippen LogP contribution in [0.3, 0.4) is 0 Å². The zero-order valence-electron chi connectivity index (χ0n) is 14.7. The molecule has 1 aromatic carbocycles. The maximum absolute atomic E-state index is 12.7.